The number of carbonyl (C=O) groups excluding carboxylic acids is 1. The molecule has 1 fully saturated rings. The van der Waals surface area contributed by atoms with E-state index in [-0.39, 0.29) is 19.1 Å². The van der Waals surface area contributed by atoms with Crippen molar-refractivity contribution in [3.05, 3.63) is 23.8 Å². The zero-order valence-electron chi connectivity index (χ0n) is 12.5. The number of para-hydroxylation sites is 1. The fourth-order valence-corrected chi connectivity index (χ4v) is 2.89. The van der Waals surface area contributed by atoms with E-state index in [4.69, 9.17) is 4.42 Å². The van der Waals surface area contributed by atoms with Crippen molar-refractivity contribution in [2.24, 2.45) is 0 Å². The number of aldehydes is 1. The fourth-order valence-electron chi connectivity index (χ4n) is 2.89. The van der Waals surface area contributed by atoms with Gasteiger partial charge in [0.25, 0.3) is 6.01 Å². The van der Waals surface area contributed by atoms with Gasteiger partial charge in [0.15, 0.2) is 11.9 Å². The molecule has 1 saturated heterocycles. The summed E-state index contributed by atoms with van der Waals surface area (Å²) < 4.78 is 43.1. The molecule has 0 aliphatic carbocycles. The molecule has 124 valence electrons. The van der Waals surface area contributed by atoms with Crippen LogP contribution in [0.4, 0.5) is 19.2 Å². The van der Waals surface area contributed by atoms with Crippen molar-refractivity contribution in [1.82, 2.24) is 9.88 Å². The van der Waals surface area contributed by atoms with E-state index in [0.29, 0.717) is 35.5 Å². The zero-order valence-corrected chi connectivity index (χ0v) is 12.5. The Hall–Kier alpha value is -2.09. The number of halogens is 3. The van der Waals surface area contributed by atoms with Crippen LogP contribution in [-0.4, -0.2) is 54.6 Å². The Kier molecular flexibility index (Phi) is 4.01. The van der Waals surface area contributed by atoms with Crippen LogP contribution >= 0.6 is 0 Å². The number of anilines is 1. The molecule has 1 atom stereocenters. The van der Waals surface area contributed by atoms with Gasteiger partial charge >= 0.3 is 6.18 Å². The summed E-state index contributed by atoms with van der Waals surface area (Å²) in [4.78, 5) is 18.6. The lowest BCUT2D eigenvalue weighted by Gasteiger charge is -2.39. The molecule has 0 amide bonds. The molecule has 1 aliphatic heterocycles. The Morgan fingerprint density at radius 3 is 2.83 bits per heavy atom. The van der Waals surface area contributed by atoms with Crippen LogP contribution in [0.1, 0.15) is 17.3 Å². The molecule has 2 aromatic rings. The number of alkyl halides is 3. The van der Waals surface area contributed by atoms with E-state index in [2.05, 4.69) is 4.98 Å². The van der Waals surface area contributed by atoms with Gasteiger partial charge in [-0.25, -0.2) is 0 Å². The van der Waals surface area contributed by atoms with Crippen molar-refractivity contribution in [2.45, 2.75) is 19.1 Å². The second-order valence-corrected chi connectivity index (χ2v) is 5.70. The maximum atomic E-state index is 12.5. The number of carbonyl (C=O) groups is 1. The van der Waals surface area contributed by atoms with Crippen molar-refractivity contribution < 1.29 is 22.4 Å². The SMILES string of the molecule is CC1CN(CC(F)(F)F)CCN1c1nc2c(C=O)cccc2o1. The van der Waals surface area contributed by atoms with Crippen LogP contribution in [-0.2, 0) is 0 Å². The molecule has 8 heteroatoms. The van der Waals surface area contributed by atoms with Crippen LogP contribution in [0.25, 0.3) is 11.1 Å². The predicted octanol–water partition coefficient (Wildman–Crippen LogP) is 2.71. The van der Waals surface area contributed by atoms with E-state index in [1.807, 2.05) is 11.8 Å². The molecular formula is C15H16F3N3O2. The number of nitrogens with zero attached hydrogens (tertiary/aromatic N) is 3. The number of fused-ring (bicyclic) bond motifs is 1. The molecule has 1 aliphatic rings. The average Bonchev–Trinajstić information content (AvgIpc) is 2.89. The van der Waals surface area contributed by atoms with Crippen LogP contribution in [0.5, 0.6) is 0 Å². The average molecular weight is 327 g/mol. The number of benzene rings is 1. The monoisotopic (exact) mass is 327 g/mol. The van der Waals surface area contributed by atoms with Crippen molar-refractivity contribution in [3.63, 3.8) is 0 Å². The van der Waals surface area contributed by atoms with Crippen LogP contribution < -0.4 is 4.90 Å². The lowest BCUT2D eigenvalue weighted by Crippen LogP contribution is -2.54. The van der Waals surface area contributed by atoms with E-state index >= 15 is 0 Å². The Balaban J connectivity index is 1.79. The summed E-state index contributed by atoms with van der Waals surface area (Å²) in [5, 5.41) is 0. The van der Waals surface area contributed by atoms with Gasteiger partial charge in [-0.15, -0.1) is 0 Å². The predicted molar refractivity (Wildman–Crippen MR) is 78.7 cm³/mol. The molecule has 5 nitrogen and oxygen atoms in total. The lowest BCUT2D eigenvalue weighted by atomic mass is 10.2. The molecule has 0 bridgehead atoms. The second kappa shape index (κ2) is 5.84. The van der Waals surface area contributed by atoms with Crippen molar-refractivity contribution >= 4 is 23.4 Å². The Morgan fingerprint density at radius 1 is 1.39 bits per heavy atom. The first-order valence-electron chi connectivity index (χ1n) is 7.28. The third-order valence-corrected chi connectivity index (χ3v) is 3.93. The van der Waals surface area contributed by atoms with E-state index in [9.17, 15) is 18.0 Å². The van der Waals surface area contributed by atoms with Gasteiger partial charge in [-0.1, -0.05) is 6.07 Å². The highest BCUT2D eigenvalue weighted by Crippen LogP contribution is 2.27. The molecule has 0 radical (unpaired) electrons. The minimum absolute atomic E-state index is 0.168. The van der Waals surface area contributed by atoms with Crippen molar-refractivity contribution in [1.29, 1.82) is 0 Å². The zero-order chi connectivity index (χ0) is 16.6. The lowest BCUT2D eigenvalue weighted by molar-refractivity contribution is -0.147. The maximum Gasteiger partial charge on any atom is 0.401 e. The summed E-state index contributed by atoms with van der Waals surface area (Å²) in [5.41, 5.74) is 1.40. The second-order valence-electron chi connectivity index (χ2n) is 5.70. The molecule has 0 N–H and O–H groups in total. The molecule has 1 unspecified atom stereocenters. The molecule has 2 heterocycles. The highest BCUT2D eigenvalue weighted by molar-refractivity contribution is 5.93. The Bertz CT molecular complexity index is 714. The third kappa shape index (κ3) is 3.31. The third-order valence-electron chi connectivity index (χ3n) is 3.93. The van der Waals surface area contributed by atoms with E-state index < -0.39 is 12.7 Å². The van der Waals surface area contributed by atoms with Crippen LogP contribution in [0.15, 0.2) is 22.6 Å². The highest BCUT2D eigenvalue weighted by Gasteiger charge is 2.35. The Labute approximate surface area is 130 Å². The van der Waals surface area contributed by atoms with Crippen molar-refractivity contribution in [2.75, 3.05) is 31.1 Å². The van der Waals surface area contributed by atoms with E-state index in [0.717, 1.165) is 0 Å². The van der Waals surface area contributed by atoms with Gasteiger partial charge in [0, 0.05) is 31.2 Å². The van der Waals surface area contributed by atoms with Gasteiger partial charge in [0.1, 0.15) is 5.52 Å². The topological polar surface area (TPSA) is 49.6 Å². The fraction of sp³-hybridized carbons (Fsp3) is 0.467. The Morgan fingerprint density at radius 2 is 2.17 bits per heavy atom. The molecule has 1 aromatic heterocycles. The summed E-state index contributed by atoms with van der Waals surface area (Å²) in [5.74, 6) is 0. The van der Waals surface area contributed by atoms with Gasteiger partial charge in [0.05, 0.1) is 6.54 Å². The number of hydrogen-bond acceptors (Lipinski definition) is 5. The number of aromatic nitrogens is 1. The van der Waals surface area contributed by atoms with Crippen LogP contribution in [0, 0.1) is 0 Å². The molecule has 23 heavy (non-hydrogen) atoms. The minimum Gasteiger partial charge on any atom is -0.423 e. The van der Waals surface area contributed by atoms with Gasteiger partial charge in [0.2, 0.25) is 0 Å². The molecule has 0 spiro atoms. The molecule has 0 saturated carbocycles. The minimum atomic E-state index is -4.20. The van der Waals surface area contributed by atoms with Gasteiger partial charge < -0.3 is 9.32 Å². The van der Waals surface area contributed by atoms with E-state index in [1.165, 1.54) is 4.90 Å². The number of piperazine rings is 1. The summed E-state index contributed by atoms with van der Waals surface area (Å²) in [6, 6.07) is 5.23. The van der Waals surface area contributed by atoms with Crippen LogP contribution in [0.2, 0.25) is 0 Å². The summed E-state index contributed by atoms with van der Waals surface area (Å²) >= 11 is 0. The van der Waals surface area contributed by atoms with Gasteiger partial charge in [-0.3, -0.25) is 9.69 Å². The van der Waals surface area contributed by atoms with Gasteiger partial charge in [-0.05, 0) is 19.1 Å². The van der Waals surface area contributed by atoms with Crippen molar-refractivity contribution in [3.8, 4) is 0 Å². The standard InChI is InChI=1S/C15H16F3N3O2/c1-10-7-20(9-15(16,17)18)5-6-21(10)14-19-13-11(8-22)3-2-4-12(13)23-14/h2-4,8,10H,5-7,9H2,1H3. The maximum absolute atomic E-state index is 12.5. The largest absolute Gasteiger partial charge is 0.423 e. The van der Waals surface area contributed by atoms with Crippen LogP contribution in [0.3, 0.4) is 0 Å². The number of oxazole rings is 1. The summed E-state index contributed by atoms with van der Waals surface area (Å²) in [6.45, 7) is 1.87. The first-order chi connectivity index (χ1) is 10.9. The normalized spacial score (nSPS) is 20.2. The first-order valence-corrected chi connectivity index (χ1v) is 7.28. The molecular weight excluding hydrogens is 311 g/mol. The first kappa shape index (κ1) is 15.8. The number of hydrogen-bond donors (Lipinski definition) is 0. The number of rotatable bonds is 3. The quantitative estimate of drug-likeness (QED) is 0.811. The summed E-state index contributed by atoms with van der Waals surface area (Å²) in [7, 11) is 0. The summed E-state index contributed by atoms with van der Waals surface area (Å²) in [6.07, 6.45) is -3.49. The smallest absolute Gasteiger partial charge is 0.401 e. The van der Waals surface area contributed by atoms with E-state index in [1.54, 1.807) is 18.2 Å². The highest BCUT2D eigenvalue weighted by atomic mass is 19.4. The van der Waals surface area contributed by atoms with Gasteiger partial charge in [-0.2, -0.15) is 18.2 Å². The molecule has 3 rings (SSSR count). The molecule has 1 aromatic carbocycles.